The van der Waals surface area contributed by atoms with Gasteiger partial charge in [0.25, 0.3) is 0 Å². The molecule has 0 bridgehead atoms. The Hall–Kier alpha value is -2.29. The maximum Gasteiger partial charge on any atom is 0.166 e. The minimum absolute atomic E-state index is 0.733. The number of carbonyl (C=O) groups excluding carboxylic acids is 1. The quantitative estimate of drug-likeness (QED) is 0.787. The highest BCUT2D eigenvalue weighted by Crippen LogP contribution is 2.33. The van der Waals surface area contributed by atoms with Gasteiger partial charge >= 0.3 is 0 Å². The molecule has 24 heavy (non-hydrogen) atoms. The first kappa shape index (κ1) is 15.3. The van der Waals surface area contributed by atoms with Gasteiger partial charge in [-0.25, -0.2) is 0 Å². The van der Waals surface area contributed by atoms with Crippen LogP contribution in [-0.4, -0.2) is 23.9 Å². The Kier molecular flexibility index (Phi) is 4.01. The summed E-state index contributed by atoms with van der Waals surface area (Å²) >= 11 is 0. The topological polar surface area (TPSA) is 25.2 Å². The van der Waals surface area contributed by atoms with Crippen molar-refractivity contribution in [2.75, 3.05) is 18.0 Å². The fraction of sp³-hybridized carbons (Fsp3) is 0.381. The van der Waals surface area contributed by atoms with Crippen molar-refractivity contribution in [1.82, 2.24) is 4.57 Å². The number of hydrogen-bond acceptors (Lipinski definition) is 2. The van der Waals surface area contributed by atoms with Crippen LogP contribution in [0.2, 0.25) is 0 Å². The van der Waals surface area contributed by atoms with E-state index in [1.165, 1.54) is 54.7 Å². The highest BCUT2D eigenvalue weighted by Gasteiger charge is 2.17. The Bertz CT molecular complexity index is 794. The van der Waals surface area contributed by atoms with E-state index in [0.717, 1.165) is 30.5 Å². The maximum atomic E-state index is 11.1. The van der Waals surface area contributed by atoms with Gasteiger partial charge in [-0.05, 0) is 79.1 Å². The molecule has 0 amide bonds. The molecule has 0 atom stereocenters. The van der Waals surface area contributed by atoms with Crippen molar-refractivity contribution in [3.63, 3.8) is 0 Å². The molecule has 1 saturated heterocycles. The molecule has 1 aliphatic heterocycles. The summed E-state index contributed by atoms with van der Waals surface area (Å²) in [6, 6.07) is 10.9. The third kappa shape index (κ3) is 2.68. The zero-order valence-electron chi connectivity index (χ0n) is 14.3. The monoisotopic (exact) mass is 320 g/mol. The van der Waals surface area contributed by atoms with Crippen molar-refractivity contribution in [3.05, 3.63) is 52.8 Å². The highest BCUT2D eigenvalue weighted by atomic mass is 16.1. The zero-order chi connectivity index (χ0) is 16.5. The van der Waals surface area contributed by atoms with Gasteiger partial charge in [0.1, 0.15) is 0 Å². The summed E-state index contributed by atoms with van der Waals surface area (Å²) in [6.45, 7) is 2.38. The van der Waals surface area contributed by atoms with Crippen molar-refractivity contribution < 1.29 is 4.79 Å². The van der Waals surface area contributed by atoms with Crippen molar-refractivity contribution in [3.8, 4) is 0 Å². The van der Waals surface area contributed by atoms with Gasteiger partial charge in [-0.3, -0.25) is 4.79 Å². The summed E-state index contributed by atoms with van der Waals surface area (Å²) < 4.78 is 1.99. The first-order valence-corrected chi connectivity index (χ1v) is 8.96. The lowest BCUT2D eigenvalue weighted by Gasteiger charge is -2.30. The molecule has 4 rings (SSSR count). The number of nitrogens with zero attached hydrogens (tertiary/aromatic N) is 2. The molecule has 2 aromatic rings. The van der Waals surface area contributed by atoms with Crippen LogP contribution in [0.4, 0.5) is 5.69 Å². The van der Waals surface area contributed by atoms with Gasteiger partial charge in [-0.2, -0.15) is 0 Å². The van der Waals surface area contributed by atoms with Gasteiger partial charge in [0.15, 0.2) is 6.29 Å². The number of rotatable bonds is 3. The van der Waals surface area contributed by atoms with E-state index in [1.54, 1.807) is 0 Å². The molecular weight excluding hydrogens is 296 g/mol. The zero-order valence-corrected chi connectivity index (χ0v) is 14.3. The molecule has 0 spiro atoms. The van der Waals surface area contributed by atoms with Gasteiger partial charge in [0.2, 0.25) is 0 Å². The molecule has 0 N–H and O–H groups in total. The van der Waals surface area contributed by atoms with E-state index in [-0.39, 0.29) is 0 Å². The molecular formula is C21H24N2O. The number of aldehydes is 1. The average molecular weight is 320 g/mol. The van der Waals surface area contributed by atoms with Crippen LogP contribution >= 0.6 is 0 Å². The lowest BCUT2D eigenvalue weighted by atomic mass is 9.90. The normalized spacial score (nSPS) is 17.4. The maximum absolute atomic E-state index is 11.1. The number of piperidine rings is 1. The van der Waals surface area contributed by atoms with E-state index in [9.17, 15) is 4.79 Å². The minimum Gasteiger partial charge on any atom is -0.372 e. The van der Waals surface area contributed by atoms with E-state index in [2.05, 4.69) is 35.2 Å². The van der Waals surface area contributed by atoms with Crippen molar-refractivity contribution in [2.45, 2.75) is 32.1 Å². The van der Waals surface area contributed by atoms with Crippen LogP contribution in [0.3, 0.4) is 0 Å². The largest absolute Gasteiger partial charge is 0.372 e. The summed E-state index contributed by atoms with van der Waals surface area (Å²) in [5.41, 5.74) is 7.37. The number of benzene rings is 1. The number of carbonyl (C=O) groups is 1. The molecule has 2 heterocycles. The molecule has 1 fully saturated rings. The van der Waals surface area contributed by atoms with E-state index in [0.29, 0.717) is 0 Å². The van der Waals surface area contributed by atoms with E-state index >= 15 is 0 Å². The Morgan fingerprint density at radius 1 is 1.00 bits per heavy atom. The predicted octanol–water partition coefficient (Wildman–Crippen LogP) is 4.31. The number of aromatic nitrogens is 1. The van der Waals surface area contributed by atoms with Crippen LogP contribution in [0.5, 0.6) is 0 Å². The highest BCUT2D eigenvalue weighted by molar-refractivity contribution is 5.85. The van der Waals surface area contributed by atoms with E-state index < -0.39 is 0 Å². The summed E-state index contributed by atoms with van der Waals surface area (Å²) in [5, 5.41) is 0. The molecule has 1 aromatic heterocycles. The van der Waals surface area contributed by atoms with Gasteiger partial charge in [0, 0.05) is 31.5 Å². The molecule has 0 radical (unpaired) electrons. The Balaban J connectivity index is 1.63. The first-order valence-electron chi connectivity index (χ1n) is 8.96. The molecule has 3 nitrogen and oxygen atoms in total. The summed E-state index contributed by atoms with van der Waals surface area (Å²) in [7, 11) is 1.97. The standard InChI is InChI=1S/C21H24N2O/c1-22-20(15-24)9-10-21(22)18-6-5-17-14-19(8-7-16(17)13-18)23-11-3-2-4-12-23/h7-10,13-15H,2-6,11-12H2,1H3. The molecule has 1 aromatic carbocycles. The molecule has 3 heteroatoms. The Morgan fingerprint density at radius 3 is 2.58 bits per heavy atom. The van der Waals surface area contributed by atoms with Crippen LogP contribution in [-0.2, 0) is 13.5 Å². The second-order valence-corrected chi connectivity index (χ2v) is 6.92. The number of allylic oxidation sites excluding steroid dienone is 1. The van der Waals surface area contributed by atoms with Crippen LogP contribution in [0, 0.1) is 0 Å². The fourth-order valence-electron chi connectivity index (χ4n) is 4.00. The molecule has 0 saturated carbocycles. The first-order chi connectivity index (χ1) is 11.8. The van der Waals surface area contributed by atoms with Gasteiger partial charge in [-0.15, -0.1) is 0 Å². The smallest absolute Gasteiger partial charge is 0.166 e. The second-order valence-electron chi connectivity index (χ2n) is 6.92. The lowest BCUT2D eigenvalue weighted by molar-refractivity contribution is 0.111. The van der Waals surface area contributed by atoms with Crippen molar-refractivity contribution >= 4 is 23.6 Å². The average Bonchev–Trinajstić information content (AvgIpc) is 3.02. The van der Waals surface area contributed by atoms with E-state index in [1.807, 2.05) is 17.7 Å². The third-order valence-corrected chi connectivity index (χ3v) is 5.45. The van der Waals surface area contributed by atoms with E-state index in [4.69, 9.17) is 0 Å². The van der Waals surface area contributed by atoms with Gasteiger partial charge in [0.05, 0.1) is 5.69 Å². The molecule has 0 unspecified atom stereocenters. The van der Waals surface area contributed by atoms with Crippen LogP contribution in [0.25, 0.3) is 11.6 Å². The lowest BCUT2D eigenvalue weighted by Crippen LogP contribution is -2.29. The minimum atomic E-state index is 0.733. The van der Waals surface area contributed by atoms with Crippen molar-refractivity contribution in [1.29, 1.82) is 0 Å². The molecule has 1 aliphatic carbocycles. The number of hydrogen-bond donors (Lipinski definition) is 0. The van der Waals surface area contributed by atoms with Crippen LogP contribution < -0.4 is 4.90 Å². The number of anilines is 1. The fourth-order valence-corrected chi connectivity index (χ4v) is 4.00. The Morgan fingerprint density at radius 2 is 1.83 bits per heavy atom. The van der Waals surface area contributed by atoms with Gasteiger partial charge in [-0.1, -0.05) is 6.07 Å². The summed E-state index contributed by atoms with van der Waals surface area (Å²) in [6.07, 6.45) is 9.32. The predicted molar refractivity (Wildman–Crippen MR) is 99.5 cm³/mol. The van der Waals surface area contributed by atoms with Crippen molar-refractivity contribution in [2.24, 2.45) is 7.05 Å². The number of fused-ring (bicyclic) bond motifs is 1. The summed E-state index contributed by atoms with van der Waals surface area (Å²) in [4.78, 5) is 13.6. The SMILES string of the molecule is Cn1c(C=O)ccc1C1=Cc2ccc(N3CCCCC3)cc2CC1. The number of aryl methyl sites for hydroxylation is 1. The second kappa shape index (κ2) is 6.31. The van der Waals surface area contributed by atoms with Crippen LogP contribution in [0.15, 0.2) is 30.3 Å². The molecule has 124 valence electrons. The van der Waals surface area contributed by atoms with Gasteiger partial charge < -0.3 is 9.47 Å². The third-order valence-electron chi connectivity index (χ3n) is 5.45. The summed E-state index contributed by atoms with van der Waals surface area (Å²) in [5.74, 6) is 0. The Labute approximate surface area is 143 Å². The van der Waals surface area contributed by atoms with Crippen LogP contribution in [0.1, 0.15) is 53.0 Å². The molecule has 2 aliphatic rings.